The van der Waals surface area contributed by atoms with Crippen molar-refractivity contribution in [3.05, 3.63) is 29.8 Å². The molecule has 2 bridgehead atoms. The SMILES string of the molecule is NCCc1ccc(OCC2CC3CCC2C3)cc1. The number of ether oxygens (including phenoxy) is 1. The van der Waals surface area contributed by atoms with E-state index < -0.39 is 0 Å². The number of fused-ring (bicyclic) bond motifs is 2. The molecule has 0 radical (unpaired) electrons. The highest BCUT2D eigenvalue weighted by Crippen LogP contribution is 2.48. The fourth-order valence-electron chi connectivity index (χ4n) is 3.70. The van der Waals surface area contributed by atoms with Crippen molar-refractivity contribution in [3.63, 3.8) is 0 Å². The van der Waals surface area contributed by atoms with Gasteiger partial charge in [-0.3, -0.25) is 0 Å². The van der Waals surface area contributed by atoms with Gasteiger partial charge in [0.1, 0.15) is 5.75 Å². The third-order valence-corrected chi connectivity index (χ3v) is 4.70. The average molecular weight is 245 g/mol. The van der Waals surface area contributed by atoms with Gasteiger partial charge in [-0.1, -0.05) is 18.6 Å². The zero-order valence-electron chi connectivity index (χ0n) is 11.0. The van der Waals surface area contributed by atoms with Gasteiger partial charge in [0.25, 0.3) is 0 Å². The minimum absolute atomic E-state index is 0.714. The van der Waals surface area contributed by atoms with E-state index in [1.54, 1.807) is 0 Å². The Bertz CT molecular complexity index is 387. The lowest BCUT2D eigenvalue weighted by atomic mass is 9.89. The second-order valence-corrected chi connectivity index (χ2v) is 5.93. The molecule has 3 rings (SSSR count). The molecule has 0 spiro atoms. The van der Waals surface area contributed by atoms with Gasteiger partial charge in [-0.25, -0.2) is 0 Å². The third kappa shape index (κ3) is 2.54. The first-order chi connectivity index (χ1) is 8.85. The van der Waals surface area contributed by atoms with Crippen LogP contribution in [0.15, 0.2) is 24.3 Å². The molecule has 2 nitrogen and oxygen atoms in total. The van der Waals surface area contributed by atoms with Crippen LogP contribution in [0.1, 0.15) is 31.2 Å². The highest BCUT2D eigenvalue weighted by Gasteiger charge is 2.39. The maximum absolute atomic E-state index is 5.94. The van der Waals surface area contributed by atoms with Gasteiger partial charge >= 0.3 is 0 Å². The molecule has 0 heterocycles. The summed E-state index contributed by atoms with van der Waals surface area (Å²) in [5.41, 5.74) is 6.84. The molecular weight excluding hydrogens is 222 g/mol. The Hall–Kier alpha value is -1.02. The summed E-state index contributed by atoms with van der Waals surface area (Å²) < 4.78 is 5.94. The summed E-state index contributed by atoms with van der Waals surface area (Å²) in [4.78, 5) is 0. The highest BCUT2D eigenvalue weighted by molar-refractivity contribution is 5.27. The Kier molecular flexibility index (Phi) is 3.55. The highest BCUT2D eigenvalue weighted by atomic mass is 16.5. The van der Waals surface area contributed by atoms with E-state index in [1.165, 1.54) is 31.2 Å². The van der Waals surface area contributed by atoms with Crippen LogP contribution >= 0.6 is 0 Å². The van der Waals surface area contributed by atoms with Crippen molar-refractivity contribution in [2.45, 2.75) is 32.1 Å². The van der Waals surface area contributed by atoms with Crippen molar-refractivity contribution in [1.29, 1.82) is 0 Å². The second-order valence-electron chi connectivity index (χ2n) is 5.93. The van der Waals surface area contributed by atoms with Gasteiger partial charge in [0, 0.05) is 0 Å². The number of nitrogens with two attached hydrogens (primary N) is 1. The second kappa shape index (κ2) is 5.31. The number of benzene rings is 1. The van der Waals surface area contributed by atoms with E-state index in [1.807, 2.05) is 0 Å². The van der Waals surface area contributed by atoms with E-state index in [2.05, 4.69) is 24.3 Å². The average Bonchev–Trinajstić information content (AvgIpc) is 3.00. The Morgan fingerprint density at radius 3 is 2.56 bits per heavy atom. The molecule has 3 atom stereocenters. The normalized spacial score (nSPS) is 29.7. The molecule has 18 heavy (non-hydrogen) atoms. The predicted molar refractivity (Wildman–Crippen MR) is 73.6 cm³/mol. The molecule has 1 aromatic carbocycles. The maximum atomic E-state index is 5.94. The van der Waals surface area contributed by atoms with Crippen LogP contribution in [-0.4, -0.2) is 13.2 Å². The minimum Gasteiger partial charge on any atom is -0.493 e. The molecule has 2 fully saturated rings. The number of hydrogen-bond donors (Lipinski definition) is 1. The van der Waals surface area contributed by atoms with Crippen LogP contribution in [0, 0.1) is 17.8 Å². The lowest BCUT2D eigenvalue weighted by Gasteiger charge is -2.21. The zero-order chi connectivity index (χ0) is 12.4. The zero-order valence-corrected chi connectivity index (χ0v) is 11.0. The summed E-state index contributed by atoms with van der Waals surface area (Å²) in [6.45, 7) is 1.63. The Balaban J connectivity index is 1.50. The Morgan fingerprint density at radius 2 is 1.94 bits per heavy atom. The van der Waals surface area contributed by atoms with Gasteiger partial charge in [-0.05, 0) is 67.7 Å². The molecule has 0 aromatic heterocycles. The molecular formula is C16H23NO. The molecule has 2 aliphatic carbocycles. The van der Waals surface area contributed by atoms with Gasteiger partial charge in [0.2, 0.25) is 0 Å². The molecule has 0 saturated heterocycles. The first kappa shape index (κ1) is 12.0. The Labute approximate surface area is 110 Å². The minimum atomic E-state index is 0.714. The molecule has 1 aromatic rings. The maximum Gasteiger partial charge on any atom is 0.119 e. The van der Waals surface area contributed by atoms with Gasteiger partial charge < -0.3 is 10.5 Å². The lowest BCUT2D eigenvalue weighted by molar-refractivity contribution is 0.195. The summed E-state index contributed by atoms with van der Waals surface area (Å²) in [6, 6.07) is 8.42. The van der Waals surface area contributed by atoms with E-state index in [0.717, 1.165) is 36.5 Å². The quantitative estimate of drug-likeness (QED) is 0.865. The summed E-state index contributed by atoms with van der Waals surface area (Å²) in [5, 5.41) is 0. The molecule has 2 heteroatoms. The Morgan fingerprint density at radius 1 is 1.11 bits per heavy atom. The fraction of sp³-hybridized carbons (Fsp3) is 0.625. The molecule has 3 unspecified atom stereocenters. The third-order valence-electron chi connectivity index (χ3n) is 4.70. The molecule has 98 valence electrons. The summed E-state index contributed by atoms with van der Waals surface area (Å²) >= 11 is 0. The molecule has 2 N–H and O–H groups in total. The van der Waals surface area contributed by atoms with E-state index in [0.29, 0.717) is 6.54 Å². The fourth-order valence-corrected chi connectivity index (χ4v) is 3.70. The van der Waals surface area contributed by atoms with Crippen LogP contribution in [0.4, 0.5) is 0 Å². The molecule has 2 aliphatic rings. The van der Waals surface area contributed by atoms with Crippen molar-refractivity contribution >= 4 is 0 Å². The summed E-state index contributed by atoms with van der Waals surface area (Å²) in [7, 11) is 0. The van der Waals surface area contributed by atoms with Gasteiger partial charge in [0.05, 0.1) is 6.61 Å². The van der Waals surface area contributed by atoms with Gasteiger partial charge in [-0.2, -0.15) is 0 Å². The van der Waals surface area contributed by atoms with Crippen molar-refractivity contribution in [1.82, 2.24) is 0 Å². The van der Waals surface area contributed by atoms with Crippen LogP contribution in [0.5, 0.6) is 5.75 Å². The predicted octanol–water partition coefficient (Wildman–Crippen LogP) is 3.00. The molecule has 0 aliphatic heterocycles. The van der Waals surface area contributed by atoms with Crippen LogP contribution in [0.25, 0.3) is 0 Å². The lowest BCUT2D eigenvalue weighted by Crippen LogP contribution is -2.18. The van der Waals surface area contributed by atoms with E-state index >= 15 is 0 Å². The van der Waals surface area contributed by atoms with Gasteiger partial charge in [0.15, 0.2) is 0 Å². The smallest absolute Gasteiger partial charge is 0.119 e. The molecule has 0 amide bonds. The van der Waals surface area contributed by atoms with E-state index in [4.69, 9.17) is 10.5 Å². The first-order valence-corrected chi connectivity index (χ1v) is 7.27. The monoisotopic (exact) mass is 245 g/mol. The summed E-state index contributed by atoms with van der Waals surface area (Å²) in [6.07, 6.45) is 6.72. The number of hydrogen-bond acceptors (Lipinski definition) is 2. The van der Waals surface area contributed by atoms with E-state index in [-0.39, 0.29) is 0 Å². The summed E-state index contributed by atoms with van der Waals surface area (Å²) in [5.74, 6) is 3.79. The van der Waals surface area contributed by atoms with Crippen molar-refractivity contribution < 1.29 is 4.74 Å². The standard InChI is InChI=1S/C16H23NO/c17-8-7-12-2-5-16(6-3-12)18-11-15-10-13-1-4-14(15)9-13/h2-3,5-6,13-15H,1,4,7-11,17H2. The van der Waals surface area contributed by atoms with Crippen LogP contribution in [0.3, 0.4) is 0 Å². The molecule has 2 saturated carbocycles. The van der Waals surface area contributed by atoms with Crippen molar-refractivity contribution in [2.75, 3.05) is 13.2 Å². The van der Waals surface area contributed by atoms with Crippen LogP contribution in [-0.2, 0) is 6.42 Å². The van der Waals surface area contributed by atoms with Crippen LogP contribution < -0.4 is 10.5 Å². The van der Waals surface area contributed by atoms with E-state index in [9.17, 15) is 0 Å². The number of rotatable bonds is 5. The van der Waals surface area contributed by atoms with Crippen molar-refractivity contribution in [2.24, 2.45) is 23.5 Å². The van der Waals surface area contributed by atoms with Gasteiger partial charge in [-0.15, -0.1) is 0 Å². The van der Waals surface area contributed by atoms with Crippen molar-refractivity contribution in [3.8, 4) is 5.75 Å². The first-order valence-electron chi connectivity index (χ1n) is 7.27. The topological polar surface area (TPSA) is 35.2 Å². The largest absolute Gasteiger partial charge is 0.493 e. The van der Waals surface area contributed by atoms with Crippen LogP contribution in [0.2, 0.25) is 0 Å².